The van der Waals surface area contributed by atoms with Gasteiger partial charge in [-0.05, 0) is 36.2 Å². The van der Waals surface area contributed by atoms with Crippen LogP contribution in [-0.2, 0) is 6.42 Å². The van der Waals surface area contributed by atoms with E-state index < -0.39 is 0 Å². The van der Waals surface area contributed by atoms with Gasteiger partial charge in [-0.1, -0.05) is 34.1 Å². The molecule has 19 heavy (non-hydrogen) atoms. The van der Waals surface area contributed by atoms with Crippen LogP contribution < -0.4 is 0 Å². The van der Waals surface area contributed by atoms with Gasteiger partial charge in [-0.2, -0.15) is 0 Å². The van der Waals surface area contributed by atoms with E-state index in [0.717, 1.165) is 10.0 Å². The standard InChI is InChI=1S/C15H13BrO3/c16-11-6-8-15(19)12(9-11)14(18)7-5-10-3-1-2-4-13(10)17/h1-4,6,8-9,17,19H,5,7H2. The van der Waals surface area contributed by atoms with Gasteiger partial charge in [0.1, 0.15) is 11.5 Å². The van der Waals surface area contributed by atoms with Gasteiger partial charge in [0.2, 0.25) is 0 Å². The Kier molecular flexibility index (Phi) is 4.22. The molecule has 0 fully saturated rings. The SMILES string of the molecule is O=C(CCc1ccccc1O)c1cc(Br)ccc1O. The minimum Gasteiger partial charge on any atom is -0.508 e. The van der Waals surface area contributed by atoms with Crippen LogP contribution in [0.3, 0.4) is 0 Å². The van der Waals surface area contributed by atoms with Gasteiger partial charge in [0.25, 0.3) is 0 Å². The molecule has 0 unspecified atom stereocenters. The van der Waals surface area contributed by atoms with Crippen molar-refractivity contribution in [3.8, 4) is 11.5 Å². The van der Waals surface area contributed by atoms with E-state index in [-0.39, 0.29) is 23.7 Å². The lowest BCUT2D eigenvalue weighted by Gasteiger charge is -2.06. The molecule has 0 bridgehead atoms. The number of rotatable bonds is 4. The van der Waals surface area contributed by atoms with Gasteiger partial charge >= 0.3 is 0 Å². The zero-order valence-corrected chi connectivity index (χ0v) is 11.7. The third-order valence-electron chi connectivity index (χ3n) is 2.87. The van der Waals surface area contributed by atoms with E-state index in [0.29, 0.717) is 12.0 Å². The molecule has 0 aliphatic carbocycles. The number of benzene rings is 2. The van der Waals surface area contributed by atoms with Crippen molar-refractivity contribution >= 4 is 21.7 Å². The number of halogens is 1. The number of phenolic OH excluding ortho intramolecular Hbond substituents is 2. The summed E-state index contributed by atoms with van der Waals surface area (Å²) in [5.74, 6) is 0.0151. The summed E-state index contributed by atoms with van der Waals surface area (Å²) >= 11 is 3.27. The minimum absolute atomic E-state index is 0.0227. The Bertz CT molecular complexity index is 608. The predicted octanol–water partition coefficient (Wildman–Crippen LogP) is 3.68. The Morgan fingerprint density at radius 1 is 1.05 bits per heavy atom. The lowest BCUT2D eigenvalue weighted by molar-refractivity contribution is 0.0980. The number of hydrogen-bond donors (Lipinski definition) is 2. The van der Waals surface area contributed by atoms with Crippen LogP contribution in [-0.4, -0.2) is 16.0 Å². The van der Waals surface area contributed by atoms with E-state index in [4.69, 9.17) is 0 Å². The maximum Gasteiger partial charge on any atom is 0.166 e. The third-order valence-corrected chi connectivity index (χ3v) is 3.37. The van der Waals surface area contributed by atoms with Crippen LogP contribution in [0.15, 0.2) is 46.9 Å². The van der Waals surface area contributed by atoms with E-state index in [1.54, 1.807) is 30.3 Å². The average Bonchev–Trinajstić information content (AvgIpc) is 2.40. The average molecular weight is 321 g/mol. The Labute approximate surface area is 119 Å². The fourth-order valence-electron chi connectivity index (χ4n) is 1.84. The first kappa shape index (κ1) is 13.6. The third kappa shape index (κ3) is 3.35. The quantitative estimate of drug-likeness (QED) is 0.845. The summed E-state index contributed by atoms with van der Waals surface area (Å²) in [6.07, 6.45) is 0.680. The van der Waals surface area contributed by atoms with Gasteiger partial charge in [0.15, 0.2) is 5.78 Å². The maximum atomic E-state index is 12.0. The molecule has 0 heterocycles. The number of phenols is 2. The Balaban J connectivity index is 2.10. The Morgan fingerprint density at radius 3 is 2.53 bits per heavy atom. The van der Waals surface area contributed by atoms with Crippen LogP contribution >= 0.6 is 15.9 Å². The van der Waals surface area contributed by atoms with Gasteiger partial charge in [-0.3, -0.25) is 4.79 Å². The predicted molar refractivity (Wildman–Crippen MR) is 76.6 cm³/mol. The van der Waals surface area contributed by atoms with Gasteiger partial charge in [0, 0.05) is 10.9 Å². The van der Waals surface area contributed by atoms with Crippen molar-refractivity contribution in [1.29, 1.82) is 0 Å². The first-order valence-electron chi connectivity index (χ1n) is 5.86. The highest BCUT2D eigenvalue weighted by atomic mass is 79.9. The molecular formula is C15H13BrO3. The highest BCUT2D eigenvalue weighted by Gasteiger charge is 2.12. The molecule has 0 aliphatic heterocycles. The normalized spacial score (nSPS) is 10.4. The second kappa shape index (κ2) is 5.89. The first-order valence-corrected chi connectivity index (χ1v) is 6.66. The van der Waals surface area contributed by atoms with Crippen LogP contribution in [0.1, 0.15) is 22.3 Å². The van der Waals surface area contributed by atoms with Crippen molar-refractivity contribution < 1.29 is 15.0 Å². The fourth-order valence-corrected chi connectivity index (χ4v) is 2.20. The molecule has 0 atom stereocenters. The second-order valence-electron chi connectivity index (χ2n) is 4.21. The van der Waals surface area contributed by atoms with Crippen molar-refractivity contribution in [1.82, 2.24) is 0 Å². The number of aromatic hydroxyl groups is 2. The highest BCUT2D eigenvalue weighted by molar-refractivity contribution is 9.10. The van der Waals surface area contributed by atoms with Gasteiger partial charge in [-0.25, -0.2) is 0 Å². The summed E-state index contributed by atoms with van der Waals surface area (Å²) in [7, 11) is 0. The lowest BCUT2D eigenvalue weighted by atomic mass is 10.0. The molecule has 2 N–H and O–H groups in total. The van der Waals surface area contributed by atoms with Crippen LogP contribution in [0.25, 0.3) is 0 Å². The molecule has 0 radical (unpaired) electrons. The molecule has 98 valence electrons. The molecule has 2 aromatic carbocycles. The Morgan fingerprint density at radius 2 is 1.79 bits per heavy atom. The van der Waals surface area contributed by atoms with Crippen molar-refractivity contribution in [3.63, 3.8) is 0 Å². The summed E-state index contributed by atoms with van der Waals surface area (Å²) in [5.41, 5.74) is 1.02. The molecule has 2 aromatic rings. The number of Topliss-reactive ketones (excluding diaryl/α,β-unsaturated/α-hetero) is 1. The van der Waals surface area contributed by atoms with Crippen LogP contribution in [0.2, 0.25) is 0 Å². The van der Waals surface area contributed by atoms with Crippen LogP contribution in [0.4, 0.5) is 0 Å². The number of hydrogen-bond acceptors (Lipinski definition) is 3. The number of carbonyl (C=O) groups is 1. The molecule has 0 amide bonds. The van der Waals surface area contributed by atoms with Crippen LogP contribution in [0.5, 0.6) is 11.5 Å². The van der Waals surface area contributed by atoms with Crippen LogP contribution in [0, 0.1) is 0 Å². The Hall–Kier alpha value is -1.81. The second-order valence-corrected chi connectivity index (χ2v) is 5.13. The number of ketones is 1. The maximum absolute atomic E-state index is 12.0. The van der Waals surface area contributed by atoms with E-state index in [2.05, 4.69) is 15.9 Å². The number of carbonyl (C=O) groups excluding carboxylic acids is 1. The number of para-hydroxylation sites is 1. The molecule has 0 aliphatic rings. The summed E-state index contributed by atoms with van der Waals surface area (Å²) in [4.78, 5) is 12.0. The van der Waals surface area contributed by atoms with Gasteiger partial charge in [0.05, 0.1) is 5.56 Å². The monoisotopic (exact) mass is 320 g/mol. The van der Waals surface area contributed by atoms with Crippen molar-refractivity contribution in [2.75, 3.05) is 0 Å². The van der Waals surface area contributed by atoms with Crippen molar-refractivity contribution in [2.45, 2.75) is 12.8 Å². The largest absolute Gasteiger partial charge is 0.508 e. The summed E-state index contributed by atoms with van der Waals surface area (Å²) < 4.78 is 0.746. The van der Waals surface area contributed by atoms with Gasteiger partial charge in [-0.15, -0.1) is 0 Å². The van der Waals surface area contributed by atoms with Crippen molar-refractivity contribution in [2.24, 2.45) is 0 Å². The molecule has 0 saturated heterocycles. The highest BCUT2D eigenvalue weighted by Crippen LogP contribution is 2.24. The lowest BCUT2D eigenvalue weighted by Crippen LogP contribution is -2.02. The zero-order chi connectivity index (χ0) is 13.8. The minimum atomic E-state index is -0.151. The van der Waals surface area contributed by atoms with E-state index in [1.807, 2.05) is 6.07 Å². The summed E-state index contributed by atoms with van der Waals surface area (Å²) in [6.45, 7) is 0. The van der Waals surface area contributed by atoms with Gasteiger partial charge < -0.3 is 10.2 Å². The first-order chi connectivity index (χ1) is 9.08. The molecular weight excluding hydrogens is 308 g/mol. The van der Waals surface area contributed by atoms with Crippen molar-refractivity contribution in [3.05, 3.63) is 58.1 Å². The topological polar surface area (TPSA) is 57.5 Å². The summed E-state index contributed by atoms with van der Waals surface area (Å²) in [5, 5.41) is 19.3. The van der Waals surface area contributed by atoms with E-state index >= 15 is 0 Å². The molecule has 0 spiro atoms. The van der Waals surface area contributed by atoms with E-state index in [1.165, 1.54) is 6.07 Å². The molecule has 0 aromatic heterocycles. The molecule has 3 nitrogen and oxygen atoms in total. The molecule has 4 heteroatoms. The molecule has 0 saturated carbocycles. The zero-order valence-electron chi connectivity index (χ0n) is 10.1. The fraction of sp³-hybridized carbons (Fsp3) is 0.133. The molecule has 2 rings (SSSR count). The summed E-state index contributed by atoms with van der Waals surface area (Å²) in [6, 6.07) is 11.7. The van der Waals surface area contributed by atoms with E-state index in [9.17, 15) is 15.0 Å². The smallest absolute Gasteiger partial charge is 0.166 e. The number of aryl methyl sites for hydroxylation is 1.